The molecule has 1 N–H and O–H groups in total. The Hall–Kier alpha value is -4.51. The largest absolute Gasteiger partial charge is 0.355 e. The molecule has 0 amide bonds. The summed E-state index contributed by atoms with van der Waals surface area (Å²) in [4.78, 5) is 11.2. The number of hydrogen-bond acceptors (Lipinski definition) is 2. The lowest BCUT2D eigenvalue weighted by atomic mass is 9.71. The van der Waals surface area contributed by atoms with Crippen molar-refractivity contribution < 1.29 is 13.6 Å². The summed E-state index contributed by atoms with van der Waals surface area (Å²) >= 11 is 0. The first-order chi connectivity index (χ1) is 17.9. The predicted octanol–water partition coefficient (Wildman–Crippen LogP) is 8.28. The van der Waals surface area contributed by atoms with Crippen LogP contribution in [0.25, 0.3) is 27.9 Å². The van der Waals surface area contributed by atoms with Crippen molar-refractivity contribution in [1.29, 1.82) is 0 Å². The fourth-order valence-electron chi connectivity index (χ4n) is 5.43. The second-order valence-corrected chi connectivity index (χ2v) is 9.81. The van der Waals surface area contributed by atoms with Crippen molar-refractivity contribution in [2.75, 3.05) is 5.32 Å². The zero-order chi connectivity index (χ0) is 25.7. The van der Waals surface area contributed by atoms with Gasteiger partial charge >= 0.3 is 0 Å². The molecule has 0 unspecified atom stereocenters. The quantitative estimate of drug-likeness (QED) is 0.257. The van der Waals surface area contributed by atoms with E-state index in [4.69, 9.17) is 0 Å². The number of nitrogens with zero attached hydrogens (tertiary/aromatic N) is 1. The highest BCUT2D eigenvalue weighted by molar-refractivity contribution is 5.85. The molecule has 5 aromatic rings. The zero-order valence-electron chi connectivity index (χ0n) is 20.4. The maximum atomic E-state index is 13.8. The number of halogens is 2. The first-order valence-electron chi connectivity index (χ1n) is 12.1. The molecule has 1 aliphatic heterocycles. The summed E-state index contributed by atoms with van der Waals surface area (Å²) in [7, 11) is 0. The van der Waals surface area contributed by atoms with Gasteiger partial charge in [-0.2, -0.15) is 0 Å². The summed E-state index contributed by atoms with van der Waals surface area (Å²) in [6, 6.07) is 30.5. The molecule has 4 aromatic carbocycles. The fourth-order valence-corrected chi connectivity index (χ4v) is 5.43. The topological polar surface area (TPSA) is 34.0 Å². The standard InChI is InChI=1S/C32H24F2N2O/c1-32(2)25-7-3-4-8-27(25)35-28-9-5-6-24(30(28)32)22-12-10-20(11-13-22)21-14-16-23(17-15-21)36-18-26(33)31(34)29(36)19-37/h3-19,35H,1-2H3. The van der Waals surface area contributed by atoms with Crippen LogP contribution in [0.3, 0.4) is 0 Å². The number of benzene rings is 4. The van der Waals surface area contributed by atoms with Gasteiger partial charge in [0.25, 0.3) is 0 Å². The van der Waals surface area contributed by atoms with Gasteiger partial charge in [-0.25, -0.2) is 8.78 Å². The summed E-state index contributed by atoms with van der Waals surface area (Å²) < 4.78 is 28.7. The predicted molar refractivity (Wildman–Crippen MR) is 144 cm³/mol. The van der Waals surface area contributed by atoms with Gasteiger partial charge < -0.3 is 9.88 Å². The first kappa shape index (κ1) is 22.9. The molecule has 0 spiro atoms. The molecule has 0 fully saturated rings. The number of hydrogen-bond donors (Lipinski definition) is 1. The van der Waals surface area contributed by atoms with Gasteiger partial charge in [0.15, 0.2) is 17.9 Å². The van der Waals surface area contributed by atoms with E-state index in [-0.39, 0.29) is 11.1 Å². The first-order valence-corrected chi connectivity index (χ1v) is 12.1. The van der Waals surface area contributed by atoms with Crippen molar-refractivity contribution in [2.45, 2.75) is 19.3 Å². The van der Waals surface area contributed by atoms with Crippen LogP contribution < -0.4 is 5.32 Å². The Morgan fingerprint density at radius 2 is 1.38 bits per heavy atom. The van der Waals surface area contributed by atoms with Gasteiger partial charge in [0, 0.05) is 28.7 Å². The molecule has 0 saturated carbocycles. The zero-order valence-corrected chi connectivity index (χ0v) is 20.4. The van der Waals surface area contributed by atoms with Crippen LogP contribution in [-0.2, 0) is 5.41 Å². The molecule has 6 rings (SSSR count). The number of nitrogens with one attached hydrogen (secondary N) is 1. The normalized spacial score (nSPS) is 13.4. The van der Waals surface area contributed by atoms with Gasteiger partial charge in [-0.05, 0) is 57.6 Å². The molecule has 1 aliphatic rings. The Bertz CT molecular complexity index is 1650. The van der Waals surface area contributed by atoms with E-state index >= 15 is 0 Å². The van der Waals surface area contributed by atoms with E-state index in [1.165, 1.54) is 21.3 Å². The van der Waals surface area contributed by atoms with Gasteiger partial charge in [0.2, 0.25) is 0 Å². The summed E-state index contributed by atoms with van der Waals surface area (Å²) in [6.07, 6.45) is 1.31. The number of aldehydes is 1. The average Bonchev–Trinajstić information content (AvgIpc) is 3.21. The van der Waals surface area contributed by atoms with Crippen LogP contribution in [0, 0.1) is 11.6 Å². The number of carbonyl (C=O) groups is 1. The molecular weight excluding hydrogens is 466 g/mol. The van der Waals surface area contributed by atoms with Crippen molar-refractivity contribution in [2.24, 2.45) is 0 Å². The van der Waals surface area contributed by atoms with Crippen molar-refractivity contribution in [3.63, 3.8) is 0 Å². The van der Waals surface area contributed by atoms with Crippen LogP contribution in [-0.4, -0.2) is 10.9 Å². The molecule has 3 nitrogen and oxygen atoms in total. The smallest absolute Gasteiger partial charge is 0.187 e. The number of fused-ring (bicyclic) bond motifs is 2. The monoisotopic (exact) mass is 490 g/mol. The van der Waals surface area contributed by atoms with E-state index in [0.717, 1.165) is 34.3 Å². The Labute approximate surface area is 214 Å². The number of aromatic nitrogens is 1. The minimum absolute atomic E-state index is 0.167. The summed E-state index contributed by atoms with van der Waals surface area (Å²) in [5, 5.41) is 3.60. The van der Waals surface area contributed by atoms with Crippen LogP contribution in [0.2, 0.25) is 0 Å². The Morgan fingerprint density at radius 1 is 0.757 bits per heavy atom. The second-order valence-electron chi connectivity index (χ2n) is 9.81. The molecule has 0 saturated heterocycles. The molecule has 1 aromatic heterocycles. The molecular formula is C32H24F2N2O. The van der Waals surface area contributed by atoms with E-state index in [1.807, 2.05) is 12.1 Å². The van der Waals surface area contributed by atoms with Crippen molar-refractivity contribution in [3.8, 4) is 27.9 Å². The van der Waals surface area contributed by atoms with Gasteiger partial charge in [-0.1, -0.05) is 80.6 Å². The maximum Gasteiger partial charge on any atom is 0.187 e. The number of carbonyl (C=O) groups excluding carboxylic acids is 1. The Kier molecular flexibility index (Phi) is 5.30. The highest BCUT2D eigenvalue weighted by atomic mass is 19.2. The fraction of sp³-hybridized carbons (Fsp3) is 0.0938. The average molecular weight is 491 g/mol. The van der Waals surface area contributed by atoms with Crippen LogP contribution >= 0.6 is 0 Å². The summed E-state index contributed by atoms with van der Waals surface area (Å²) in [6.45, 7) is 4.53. The van der Waals surface area contributed by atoms with E-state index in [2.05, 4.69) is 85.9 Å². The maximum absolute atomic E-state index is 13.8. The van der Waals surface area contributed by atoms with Crippen LogP contribution in [0.1, 0.15) is 35.5 Å². The van der Waals surface area contributed by atoms with Crippen molar-refractivity contribution >= 4 is 17.7 Å². The third-order valence-corrected chi connectivity index (χ3v) is 7.28. The number of anilines is 2. The minimum Gasteiger partial charge on any atom is -0.355 e. The minimum atomic E-state index is -1.14. The van der Waals surface area contributed by atoms with E-state index in [9.17, 15) is 13.6 Å². The molecule has 0 radical (unpaired) electrons. The van der Waals surface area contributed by atoms with Crippen LogP contribution in [0.5, 0.6) is 0 Å². The molecule has 0 bridgehead atoms. The van der Waals surface area contributed by atoms with E-state index in [0.29, 0.717) is 12.0 Å². The van der Waals surface area contributed by atoms with E-state index < -0.39 is 11.6 Å². The van der Waals surface area contributed by atoms with E-state index in [1.54, 1.807) is 12.1 Å². The molecule has 37 heavy (non-hydrogen) atoms. The third kappa shape index (κ3) is 3.66. The molecule has 0 atom stereocenters. The van der Waals surface area contributed by atoms with Crippen LogP contribution in [0.15, 0.2) is 97.2 Å². The lowest BCUT2D eigenvalue weighted by molar-refractivity contribution is 0.111. The van der Waals surface area contributed by atoms with Gasteiger partial charge in [-0.15, -0.1) is 0 Å². The lowest BCUT2D eigenvalue weighted by Gasteiger charge is -2.37. The number of para-hydroxylation sites is 1. The number of rotatable bonds is 4. The summed E-state index contributed by atoms with van der Waals surface area (Å²) in [5.74, 6) is -2.19. The van der Waals surface area contributed by atoms with Crippen molar-refractivity contribution in [1.82, 2.24) is 4.57 Å². The molecule has 2 heterocycles. The van der Waals surface area contributed by atoms with Crippen LogP contribution in [0.4, 0.5) is 20.2 Å². The van der Waals surface area contributed by atoms with Gasteiger partial charge in [-0.3, -0.25) is 4.79 Å². The van der Waals surface area contributed by atoms with Gasteiger partial charge in [0.05, 0.1) is 0 Å². The highest BCUT2D eigenvalue weighted by Gasteiger charge is 2.34. The van der Waals surface area contributed by atoms with Gasteiger partial charge in [0.1, 0.15) is 5.69 Å². The third-order valence-electron chi connectivity index (χ3n) is 7.28. The second kappa shape index (κ2) is 8.56. The van der Waals surface area contributed by atoms with Crippen molar-refractivity contribution in [3.05, 3.63) is 126 Å². The summed E-state index contributed by atoms with van der Waals surface area (Å²) in [5.41, 5.74) is 9.09. The molecule has 182 valence electrons. The SMILES string of the molecule is CC1(C)c2ccccc2Nc2cccc(-c3ccc(-c4ccc(-n5cc(F)c(F)c5C=O)cc4)cc3)c21. The Balaban J connectivity index is 1.33. The molecule has 5 heteroatoms. The highest BCUT2D eigenvalue weighted by Crippen LogP contribution is 2.49. The molecule has 0 aliphatic carbocycles. The lowest BCUT2D eigenvalue weighted by Crippen LogP contribution is -2.26. The Morgan fingerprint density at radius 3 is 2.08 bits per heavy atom.